The quantitative estimate of drug-likeness (QED) is 0.802. The maximum absolute atomic E-state index is 12.7. The molecular formula is C15H25N3O3. The Labute approximate surface area is 125 Å². The summed E-state index contributed by atoms with van der Waals surface area (Å²) < 4.78 is 5.05. The van der Waals surface area contributed by atoms with Crippen LogP contribution in [0.4, 0.5) is 9.59 Å². The van der Waals surface area contributed by atoms with Gasteiger partial charge in [-0.25, -0.2) is 9.59 Å². The predicted molar refractivity (Wildman–Crippen MR) is 78.0 cm³/mol. The topological polar surface area (TPSA) is 61.9 Å². The lowest BCUT2D eigenvalue weighted by Crippen LogP contribution is -2.59. The number of carbonyl (C=O) groups is 2. The van der Waals surface area contributed by atoms with Crippen molar-refractivity contribution in [3.05, 3.63) is 0 Å². The molecule has 118 valence electrons. The highest BCUT2D eigenvalue weighted by Gasteiger charge is 2.37. The largest absolute Gasteiger partial charge is 0.449 e. The summed E-state index contributed by atoms with van der Waals surface area (Å²) in [5.74, 6) is 0.222. The Morgan fingerprint density at radius 1 is 1.29 bits per heavy atom. The van der Waals surface area contributed by atoms with Crippen LogP contribution in [0.2, 0.25) is 0 Å². The van der Waals surface area contributed by atoms with Crippen LogP contribution in [0.3, 0.4) is 0 Å². The van der Waals surface area contributed by atoms with E-state index in [0.717, 1.165) is 25.8 Å². The summed E-state index contributed by atoms with van der Waals surface area (Å²) in [6.45, 7) is 1.83. The number of piperidine rings is 1. The van der Waals surface area contributed by atoms with Crippen molar-refractivity contribution in [2.24, 2.45) is 5.92 Å². The van der Waals surface area contributed by atoms with Gasteiger partial charge in [-0.3, -0.25) is 0 Å². The predicted octanol–water partition coefficient (Wildman–Crippen LogP) is 1.80. The summed E-state index contributed by atoms with van der Waals surface area (Å²) in [6, 6.07) is 0.693. The molecule has 2 saturated heterocycles. The van der Waals surface area contributed by atoms with Gasteiger partial charge in [-0.1, -0.05) is 19.3 Å². The number of hydrogen-bond donors (Lipinski definition) is 1. The van der Waals surface area contributed by atoms with Gasteiger partial charge in [0, 0.05) is 38.1 Å². The first-order valence-electron chi connectivity index (χ1n) is 8.10. The molecule has 2 heterocycles. The molecule has 0 unspecified atom stereocenters. The number of carbonyl (C=O) groups excluding carboxylic acids is 2. The zero-order chi connectivity index (χ0) is 14.8. The summed E-state index contributed by atoms with van der Waals surface area (Å²) in [4.78, 5) is 27.7. The Balaban J connectivity index is 1.57. The van der Waals surface area contributed by atoms with Crippen LogP contribution in [0.1, 0.15) is 38.5 Å². The fraction of sp³-hybridized carbons (Fsp3) is 0.867. The number of hydrogen-bond acceptors (Lipinski definition) is 3. The first kappa shape index (κ1) is 14.5. The van der Waals surface area contributed by atoms with Crippen LogP contribution in [0, 0.1) is 5.92 Å². The molecule has 0 bridgehead atoms. The van der Waals surface area contributed by atoms with E-state index in [0.29, 0.717) is 19.2 Å². The second kappa shape index (κ2) is 6.12. The molecule has 2 atom stereocenters. The minimum Gasteiger partial charge on any atom is -0.449 e. The van der Waals surface area contributed by atoms with Gasteiger partial charge in [0.05, 0.1) is 6.61 Å². The summed E-state index contributed by atoms with van der Waals surface area (Å²) in [7, 11) is 1.93. The second-order valence-electron chi connectivity index (χ2n) is 6.53. The molecule has 3 aliphatic rings. The summed E-state index contributed by atoms with van der Waals surface area (Å²) in [6.07, 6.45) is 6.50. The second-order valence-corrected chi connectivity index (χ2v) is 6.53. The molecule has 6 nitrogen and oxygen atoms in total. The van der Waals surface area contributed by atoms with Gasteiger partial charge in [0.15, 0.2) is 0 Å². The Kier molecular flexibility index (Phi) is 4.22. The van der Waals surface area contributed by atoms with Gasteiger partial charge in [0.2, 0.25) is 0 Å². The van der Waals surface area contributed by atoms with Crippen molar-refractivity contribution < 1.29 is 14.3 Å². The molecule has 1 saturated carbocycles. The number of amides is 3. The van der Waals surface area contributed by atoms with E-state index in [-0.39, 0.29) is 24.1 Å². The lowest BCUT2D eigenvalue weighted by Gasteiger charge is -2.43. The summed E-state index contributed by atoms with van der Waals surface area (Å²) >= 11 is 0. The fourth-order valence-electron chi connectivity index (χ4n) is 3.79. The first-order chi connectivity index (χ1) is 10.1. The number of rotatable bonds is 1. The maximum atomic E-state index is 12.7. The van der Waals surface area contributed by atoms with Crippen LogP contribution in [-0.2, 0) is 4.74 Å². The highest BCUT2D eigenvalue weighted by atomic mass is 16.6. The Morgan fingerprint density at radius 2 is 2.05 bits per heavy atom. The van der Waals surface area contributed by atoms with E-state index in [4.69, 9.17) is 4.74 Å². The molecule has 0 aromatic heterocycles. The minimum atomic E-state index is -0.324. The minimum absolute atomic E-state index is 0.136. The number of fused-ring (bicyclic) bond motifs is 1. The number of alkyl carbamates (subject to hydrolysis) is 1. The Bertz CT molecular complexity index is 409. The van der Waals surface area contributed by atoms with E-state index < -0.39 is 0 Å². The number of urea groups is 1. The van der Waals surface area contributed by atoms with E-state index in [2.05, 4.69) is 5.32 Å². The van der Waals surface area contributed by atoms with Crippen molar-refractivity contribution in [1.29, 1.82) is 0 Å². The number of likely N-dealkylation sites (tertiary alicyclic amines) is 1. The van der Waals surface area contributed by atoms with E-state index >= 15 is 0 Å². The van der Waals surface area contributed by atoms with Crippen LogP contribution in [0.5, 0.6) is 0 Å². The van der Waals surface area contributed by atoms with Gasteiger partial charge in [-0.15, -0.1) is 0 Å². The van der Waals surface area contributed by atoms with Crippen molar-refractivity contribution in [2.45, 2.75) is 50.6 Å². The highest BCUT2D eigenvalue weighted by molar-refractivity contribution is 5.75. The third-order valence-electron chi connectivity index (χ3n) is 5.16. The van der Waals surface area contributed by atoms with Gasteiger partial charge in [-0.05, 0) is 19.3 Å². The standard InChI is InChI=1S/C15H25N3O3/c1-17(12-5-3-2-4-6-12)15(20)18-8-7-13-11(9-18)10-21-14(19)16-13/h11-13H,2-10H2,1H3,(H,16,19)/t11-,13+/m1/s1. The molecule has 6 heteroatoms. The fourth-order valence-corrected chi connectivity index (χ4v) is 3.79. The van der Waals surface area contributed by atoms with Crippen molar-refractivity contribution in [1.82, 2.24) is 15.1 Å². The lowest BCUT2D eigenvalue weighted by molar-refractivity contribution is 0.0392. The zero-order valence-corrected chi connectivity index (χ0v) is 12.7. The smallest absolute Gasteiger partial charge is 0.407 e. The van der Waals surface area contributed by atoms with Crippen molar-refractivity contribution in [3.8, 4) is 0 Å². The van der Waals surface area contributed by atoms with E-state index in [1.807, 2.05) is 16.8 Å². The molecule has 0 spiro atoms. The van der Waals surface area contributed by atoms with E-state index in [1.54, 1.807) is 0 Å². The van der Waals surface area contributed by atoms with Crippen molar-refractivity contribution >= 4 is 12.1 Å². The monoisotopic (exact) mass is 295 g/mol. The van der Waals surface area contributed by atoms with Gasteiger partial charge < -0.3 is 19.9 Å². The van der Waals surface area contributed by atoms with Crippen LogP contribution in [0.25, 0.3) is 0 Å². The molecule has 0 aromatic carbocycles. The number of nitrogens with zero attached hydrogens (tertiary/aromatic N) is 2. The van der Waals surface area contributed by atoms with Crippen LogP contribution in [0.15, 0.2) is 0 Å². The third-order valence-corrected chi connectivity index (χ3v) is 5.16. The average Bonchev–Trinajstić information content (AvgIpc) is 2.53. The van der Waals surface area contributed by atoms with Gasteiger partial charge in [0.1, 0.15) is 0 Å². The van der Waals surface area contributed by atoms with Crippen LogP contribution < -0.4 is 5.32 Å². The molecule has 0 radical (unpaired) electrons. The van der Waals surface area contributed by atoms with E-state index in [9.17, 15) is 9.59 Å². The third kappa shape index (κ3) is 3.09. The molecule has 1 aliphatic carbocycles. The highest BCUT2D eigenvalue weighted by Crippen LogP contribution is 2.25. The van der Waals surface area contributed by atoms with Gasteiger partial charge in [0.25, 0.3) is 0 Å². The van der Waals surface area contributed by atoms with Crippen molar-refractivity contribution in [3.63, 3.8) is 0 Å². The van der Waals surface area contributed by atoms with Gasteiger partial charge in [-0.2, -0.15) is 0 Å². The average molecular weight is 295 g/mol. The first-order valence-corrected chi connectivity index (χ1v) is 8.10. The van der Waals surface area contributed by atoms with Crippen LogP contribution in [-0.4, -0.2) is 60.8 Å². The molecule has 21 heavy (non-hydrogen) atoms. The summed E-state index contributed by atoms with van der Waals surface area (Å²) in [5.41, 5.74) is 0. The number of ether oxygens (including phenoxy) is 1. The van der Waals surface area contributed by atoms with E-state index in [1.165, 1.54) is 19.3 Å². The van der Waals surface area contributed by atoms with Crippen LogP contribution >= 0.6 is 0 Å². The lowest BCUT2D eigenvalue weighted by atomic mass is 9.92. The van der Waals surface area contributed by atoms with Gasteiger partial charge >= 0.3 is 12.1 Å². The maximum Gasteiger partial charge on any atom is 0.407 e. The normalized spacial score (nSPS) is 30.1. The molecule has 1 N–H and O–H groups in total. The Hall–Kier alpha value is -1.46. The summed E-state index contributed by atoms with van der Waals surface area (Å²) in [5, 5.41) is 2.86. The molecule has 2 aliphatic heterocycles. The molecule has 0 aromatic rings. The molecule has 3 rings (SSSR count). The number of nitrogens with one attached hydrogen (secondary N) is 1. The van der Waals surface area contributed by atoms with Crippen molar-refractivity contribution in [2.75, 3.05) is 26.7 Å². The molecule has 3 fully saturated rings. The molecule has 3 amide bonds. The molecular weight excluding hydrogens is 270 g/mol. The Morgan fingerprint density at radius 3 is 2.81 bits per heavy atom. The SMILES string of the molecule is CN(C(=O)N1CC[C@@H]2NC(=O)OC[C@H]2C1)C1CCCCC1. The number of cyclic esters (lactones) is 1. The zero-order valence-electron chi connectivity index (χ0n) is 12.7.